The monoisotopic (exact) mass is 261 g/mol. The van der Waals surface area contributed by atoms with E-state index in [1.54, 1.807) is 6.20 Å². The quantitative estimate of drug-likeness (QED) is 0.895. The first kappa shape index (κ1) is 14.0. The zero-order chi connectivity index (χ0) is 13.7. The van der Waals surface area contributed by atoms with Crippen LogP contribution in [0.2, 0.25) is 0 Å². The van der Waals surface area contributed by atoms with Crippen LogP contribution in [-0.2, 0) is 11.2 Å². The minimum absolute atomic E-state index is 0.0658. The molecule has 1 fully saturated rings. The van der Waals surface area contributed by atoms with Crippen molar-refractivity contribution in [1.82, 2.24) is 15.2 Å². The van der Waals surface area contributed by atoms with Crippen molar-refractivity contribution in [3.8, 4) is 0 Å². The van der Waals surface area contributed by atoms with Gasteiger partial charge < -0.3 is 10.2 Å². The highest BCUT2D eigenvalue weighted by Crippen LogP contribution is 2.18. The lowest BCUT2D eigenvalue weighted by Gasteiger charge is -2.43. The molecule has 0 radical (unpaired) electrons. The van der Waals surface area contributed by atoms with Crippen LogP contribution in [0.5, 0.6) is 0 Å². The van der Waals surface area contributed by atoms with Gasteiger partial charge in [0, 0.05) is 44.0 Å². The van der Waals surface area contributed by atoms with Crippen LogP contribution in [0.15, 0.2) is 24.5 Å². The molecule has 19 heavy (non-hydrogen) atoms. The molecule has 4 nitrogen and oxygen atoms in total. The number of nitrogens with one attached hydrogen (secondary N) is 1. The van der Waals surface area contributed by atoms with Crippen LogP contribution in [0.3, 0.4) is 0 Å². The van der Waals surface area contributed by atoms with Crippen LogP contribution in [0, 0.1) is 0 Å². The fourth-order valence-corrected chi connectivity index (χ4v) is 2.57. The zero-order valence-electron chi connectivity index (χ0n) is 11.9. The molecule has 1 saturated heterocycles. The lowest BCUT2D eigenvalue weighted by molar-refractivity contribution is -0.137. The van der Waals surface area contributed by atoms with Crippen molar-refractivity contribution in [2.45, 2.75) is 38.6 Å². The molecule has 0 unspecified atom stereocenters. The van der Waals surface area contributed by atoms with E-state index in [-0.39, 0.29) is 11.4 Å². The average molecular weight is 261 g/mol. The van der Waals surface area contributed by atoms with Crippen molar-refractivity contribution in [2.24, 2.45) is 0 Å². The molecule has 2 heterocycles. The lowest BCUT2D eigenvalue weighted by Crippen LogP contribution is -2.59. The molecular weight excluding hydrogens is 238 g/mol. The molecule has 104 valence electrons. The van der Waals surface area contributed by atoms with Crippen molar-refractivity contribution in [3.63, 3.8) is 0 Å². The van der Waals surface area contributed by atoms with Gasteiger partial charge in [-0.25, -0.2) is 0 Å². The summed E-state index contributed by atoms with van der Waals surface area (Å²) >= 11 is 0. The van der Waals surface area contributed by atoms with E-state index in [0.717, 1.165) is 32.5 Å². The van der Waals surface area contributed by atoms with Gasteiger partial charge in [-0.3, -0.25) is 9.78 Å². The maximum Gasteiger partial charge on any atom is 0.223 e. The summed E-state index contributed by atoms with van der Waals surface area (Å²) in [4.78, 5) is 18.4. The first-order valence-electron chi connectivity index (χ1n) is 7.00. The second-order valence-corrected chi connectivity index (χ2v) is 5.75. The molecular formula is C15H23N3O. The van der Waals surface area contributed by atoms with Gasteiger partial charge in [-0.15, -0.1) is 0 Å². The Balaban J connectivity index is 1.81. The third-order valence-electron chi connectivity index (χ3n) is 3.68. The van der Waals surface area contributed by atoms with Crippen molar-refractivity contribution in [1.29, 1.82) is 0 Å². The molecule has 0 saturated carbocycles. The second-order valence-electron chi connectivity index (χ2n) is 5.75. The van der Waals surface area contributed by atoms with Crippen LogP contribution >= 0.6 is 0 Å². The number of carbonyl (C=O) groups excluding carboxylic acids is 1. The summed E-state index contributed by atoms with van der Waals surface area (Å²) in [6, 6.07) is 4.00. The average Bonchev–Trinajstić information content (AvgIpc) is 2.39. The molecule has 4 heteroatoms. The second kappa shape index (κ2) is 6.15. The van der Waals surface area contributed by atoms with Gasteiger partial charge in [0.2, 0.25) is 5.91 Å². The van der Waals surface area contributed by atoms with Crippen LogP contribution in [0.4, 0.5) is 0 Å². The predicted octanol–water partition coefficient (Wildman–Crippen LogP) is 1.61. The van der Waals surface area contributed by atoms with Crippen molar-refractivity contribution < 1.29 is 4.79 Å². The molecule has 0 aliphatic carbocycles. The van der Waals surface area contributed by atoms with E-state index in [0.29, 0.717) is 6.42 Å². The number of rotatable bonds is 4. The normalized spacial score (nSPS) is 18.3. The highest BCUT2D eigenvalue weighted by Gasteiger charge is 2.32. The summed E-state index contributed by atoms with van der Waals surface area (Å²) in [5, 5.41) is 3.34. The van der Waals surface area contributed by atoms with Crippen molar-refractivity contribution >= 4 is 5.91 Å². The number of aryl methyl sites for hydroxylation is 1. The number of amides is 1. The molecule has 0 bridgehead atoms. The molecule has 2 rings (SSSR count). The molecule has 1 N–H and O–H groups in total. The predicted molar refractivity (Wildman–Crippen MR) is 75.8 cm³/mol. The maximum atomic E-state index is 12.3. The highest BCUT2D eigenvalue weighted by molar-refractivity contribution is 5.77. The maximum absolute atomic E-state index is 12.3. The van der Waals surface area contributed by atoms with Crippen LogP contribution in [-0.4, -0.2) is 41.0 Å². The number of carbonyl (C=O) groups is 1. The number of nitrogens with zero attached hydrogens (tertiary/aromatic N) is 2. The van der Waals surface area contributed by atoms with Crippen LogP contribution in [0.25, 0.3) is 0 Å². The molecule has 1 amide bonds. The Morgan fingerprint density at radius 3 is 3.05 bits per heavy atom. The molecule has 1 aromatic rings. The Bertz CT molecular complexity index is 417. The van der Waals surface area contributed by atoms with E-state index in [4.69, 9.17) is 0 Å². The molecule has 1 aliphatic heterocycles. The van der Waals surface area contributed by atoms with Gasteiger partial charge in [-0.2, -0.15) is 0 Å². The lowest BCUT2D eigenvalue weighted by atomic mass is 9.99. The van der Waals surface area contributed by atoms with Crippen molar-refractivity contribution in [3.05, 3.63) is 30.1 Å². The molecule has 0 spiro atoms. The first-order chi connectivity index (χ1) is 9.09. The number of aromatic nitrogens is 1. The van der Waals surface area contributed by atoms with E-state index < -0.39 is 0 Å². The van der Waals surface area contributed by atoms with Gasteiger partial charge in [0.25, 0.3) is 0 Å². The van der Waals surface area contributed by atoms with Crippen LogP contribution in [0.1, 0.15) is 32.3 Å². The molecule has 0 atom stereocenters. The fourth-order valence-electron chi connectivity index (χ4n) is 2.57. The van der Waals surface area contributed by atoms with Gasteiger partial charge in [0.05, 0.1) is 0 Å². The van der Waals surface area contributed by atoms with Crippen molar-refractivity contribution in [2.75, 3.05) is 19.6 Å². The third kappa shape index (κ3) is 3.77. The minimum atomic E-state index is -0.0658. The Morgan fingerprint density at radius 2 is 2.37 bits per heavy atom. The van der Waals surface area contributed by atoms with Crippen LogP contribution < -0.4 is 5.32 Å². The third-order valence-corrected chi connectivity index (χ3v) is 3.68. The summed E-state index contributed by atoms with van der Waals surface area (Å²) in [6.45, 7) is 6.84. The number of hydrogen-bond acceptors (Lipinski definition) is 3. The van der Waals surface area contributed by atoms with Gasteiger partial charge in [0.1, 0.15) is 0 Å². The minimum Gasteiger partial charge on any atom is -0.335 e. The highest BCUT2D eigenvalue weighted by atomic mass is 16.2. The Morgan fingerprint density at radius 1 is 1.53 bits per heavy atom. The smallest absolute Gasteiger partial charge is 0.223 e. The van der Waals surface area contributed by atoms with Gasteiger partial charge in [-0.05, 0) is 38.3 Å². The Hall–Kier alpha value is -1.42. The largest absolute Gasteiger partial charge is 0.335 e. The molecule has 1 aromatic heterocycles. The number of hydrogen-bond donors (Lipinski definition) is 1. The van der Waals surface area contributed by atoms with Gasteiger partial charge >= 0.3 is 0 Å². The van der Waals surface area contributed by atoms with E-state index in [1.165, 1.54) is 5.56 Å². The zero-order valence-corrected chi connectivity index (χ0v) is 11.9. The Labute approximate surface area is 115 Å². The number of piperazine rings is 1. The fraction of sp³-hybridized carbons (Fsp3) is 0.600. The standard InChI is InChI=1S/C15H23N3O/c1-15(2)12-17-9-10-18(15)14(19)7-3-5-13-6-4-8-16-11-13/h4,6,8,11,17H,3,5,7,9-10,12H2,1-2H3. The summed E-state index contributed by atoms with van der Waals surface area (Å²) < 4.78 is 0. The Kier molecular flexibility index (Phi) is 4.53. The summed E-state index contributed by atoms with van der Waals surface area (Å²) in [7, 11) is 0. The number of pyridine rings is 1. The summed E-state index contributed by atoms with van der Waals surface area (Å²) in [6.07, 6.45) is 6.09. The molecule has 0 aromatic carbocycles. The van der Waals surface area contributed by atoms with Gasteiger partial charge in [0.15, 0.2) is 0 Å². The summed E-state index contributed by atoms with van der Waals surface area (Å²) in [5.41, 5.74) is 1.14. The van der Waals surface area contributed by atoms with E-state index in [2.05, 4.69) is 30.2 Å². The topological polar surface area (TPSA) is 45.2 Å². The van der Waals surface area contributed by atoms with E-state index >= 15 is 0 Å². The van der Waals surface area contributed by atoms with Gasteiger partial charge in [-0.1, -0.05) is 6.07 Å². The molecule has 1 aliphatic rings. The van der Waals surface area contributed by atoms with E-state index in [1.807, 2.05) is 17.2 Å². The first-order valence-corrected chi connectivity index (χ1v) is 7.00. The summed E-state index contributed by atoms with van der Waals surface area (Å²) in [5.74, 6) is 0.274. The SMILES string of the molecule is CC1(C)CNCCN1C(=O)CCCc1cccnc1. The van der Waals surface area contributed by atoms with E-state index in [9.17, 15) is 4.79 Å².